The molecule has 2 unspecified atom stereocenters. The van der Waals surface area contributed by atoms with Crippen molar-refractivity contribution in [2.75, 3.05) is 0 Å². The first-order valence-corrected chi connectivity index (χ1v) is 9.32. The maximum atomic E-state index is 12.7. The van der Waals surface area contributed by atoms with Gasteiger partial charge in [0.25, 0.3) is 5.91 Å². The van der Waals surface area contributed by atoms with Crippen molar-refractivity contribution in [3.63, 3.8) is 0 Å². The van der Waals surface area contributed by atoms with Crippen molar-refractivity contribution in [3.05, 3.63) is 64.1 Å². The molecule has 1 saturated heterocycles. The predicted molar refractivity (Wildman–Crippen MR) is 99.4 cm³/mol. The number of hydrogen-bond donors (Lipinski definition) is 2. The van der Waals surface area contributed by atoms with E-state index in [4.69, 9.17) is 12.2 Å². The SMILES string of the molecule is O=C1NC(=S)NC12CC(c1ccccc1)Sc1ccc(Br)cc12. The van der Waals surface area contributed by atoms with Crippen LogP contribution in [0, 0.1) is 0 Å². The van der Waals surface area contributed by atoms with Crippen LogP contribution in [0.4, 0.5) is 0 Å². The molecule has 2 N–H and O–H groups in total. The molecule has 116 valence electrons. The number of thiocarbonyl (C=S) groups is 1. The van der Waals surface area contributed by atoms with E-state index in [1.807, 2.05) is 30.3 Å². The number of carbonyl (C=O) groups excluding carboxylic acids is 1. The molecule has 23 heavy (non-hydrogen) atoms. The molecule has 2 atom stereocenters. The van der Waals surface area contributed by atoms with Gasteiger partial charge in [-0.25, -0.2) is 0 Å². The van der Waals surface area contributed by atoms with Crippen LogP contribution in [0.5, 0.6) is 0 Å². The highest BCUT2D eigenvalue weighted by Gasteiger charge is 2.51. The van der Waals surface area contributed by atoms with Crippen LogP contribution in [0.2, 0.25) is 0 Å². The van der Waals surface area contributed by atoms with Crippen LogP contribution in [0.15, 0.2) is 57.9 Å². The van der Waals surface area contributed by atoms with Crippen LogP contribution >= 0.6 is 39.9 Å². The van der Waals surface area contributed by atoms with Crippen molar-refractivity contribution >= 4 is 50.9 Å². The Bertz CT molecular complexity index is 811. The summed E-state index contributed by atoms with van der Waals surface area (Å²) in [7, 11) is 0. The van der Waals surface area contributed by atoms with Gasteiger partial charge in [0.1, 0.15) is 5.54 Å². The van der Waals surface area contributed by atoms with Gasteiger partial charge in [-0.2, -0.15) is 0 Å². The summed E-state index contributed by atoms with van der Waals surface area (Å²) in [6, 6.07) is 16.4. The van der Waals surface area contributed by atoms with Crippen LogP contribution < -0.4 is 10.6 Å². The molecular formula is C17H13BrN2OS2. The van der Waals surface area contributed by atoms with E-state index in [1.54, 1.807) is 11.8 Å². The van der Waals surface area contributed by atoms with Crippen LogP contribution in [-0.2, 0) is 10.3 Å². The molecule has 3 nitrogen and oxygen atoms in total. The Balaban J connectivity index is 1.86. The zero-order valence-electron chi connectivity index (χ0n) is 12.0. The fourth-order valence-corrected chi connectivity index (χ4v) is 5.27. The van der Waals surface area contributed by atoms with Crippen molar-refractivity contribution in [3.8, 4) is 0 Å². The second kappa shape index (κ2) is 5.61. The predicted octanol–water partition coefficient (Wildman–Crippen LogP) is 3.89. The Labute approximate surface area is 152 Å². The Hall–Kier alpha value is -1.37. The van der Waals surface area contributed by atoms with E-state index in [0.29, 0.717) is 11.5 Å². The Kier molecular flexibility index (Phi) is 3.70. The van der Waals surface area contributed by atoms with Gasteiger partial charge in [0, 0.05) is 26.6 Å². The molecule has 2 aromatic carbocycles. The molecule has 4 rings (SSSR count). The monoisotopic (exact) mass is 404 g/mol. The smallest absolute Gasteiger partial charge is 0.256 e. The summed E-state index contributed by atoms with van der Waals surface area (Å²) in [4.78, 5) is 13.8. The van der Waals surface area contributed by atoms with Crippen LogP contribution in [0.3, 0.4) is 0 Å². The zero-order chi connectivity index (χ0) is 16.0. The van der Waals surface area contributed by atoms with E-state index >= 15 is 0 Å². The molecular weight excluding hydrogens is 392 g/mol. The Morgan fingerprint density at radius 3 is 2.70 bits per heavy atom. The lowest BCUT2D eigenvalue weighted by Crippen LogP contribution is -2.46. The first-order valence-electron chi connectivity index (χ1n) is 7.24. The number of halogens is 1. The molecule has 0 saturated carbocycles. The molecule has 0 aliphatic carbocycles. The lowest BCUT2D eigenvalue weighted by Gasteiger charge is -2.37. The number of thioether (sulfide) groups is 1. The molecule has 1 spiro atoms. The van der Waals surface area contributed by atoms with Gasteiger partial charge >= 0.3 is 0 Å². The molecule has 0 radical (unpaired) electrons. The number of hydrogen-bond acceptors (Lipinski definition) is 3. The van der Waals surface area contributed by atoms with E-state index < -0.39 is 5.54 Å². The number of fused-ring (bicyclic) bond motifs is 2. The second-order valence-electron chi connectivity index (χ2n) is 5.68. The van der Waals surface area contributed by atoms with Crippen LogP contribution in [-0.4, -0.2) is 11.0 Å². The minimum atomic E-state index is -0.790. The van der Waals surface area contributed by atoms with Gasteiger partial charge in [-0.1, -0.05) is 46.3 Å². The summed E-state index contributed by atoms with van der Waals surface area (Å²) >= 11 is 10.5. The molecule has 2 heterocycles. The Morgan fingerprint density at radius 1 is 1.22 bits per heavy atom. The maximum absolute atomic E-state index is 12.7. The van der Waals surface area contributed by atoms with Gasteiger partial charge in [-0.3, -0.25) is 4.79 Å². The maximum Gasteiger partial charge on any atom is 0.256 e. The summed E-state index contributed by atoms with van der Waals surface area (Å²) in [6.07, 6.45) is 0.664. The van der Waals surface area contributed by atoms with Gasteiger partial charge in [-0.05, 0) is 36.0 Å². The van der Waals surface area contributed by atoms with Gasteiger partial charge in [0.15, 0.2) is 5.11 Å². The van der Waals surface area contributed by atoms with E-state index in [9.17, 15) is 4.79 Å². The fourth-order valence-electron chi connectivity index (χ4n) is 3.20. The second-order valence-corrected chi connectivity index (χ2v) is 8.24. The highest BCUT2D eigenvalue weighted by atomic mass is 79.9. The first kappa shape index (κ1) is 15.2. The minimum Gasteiger partial charge on any atom is -0.344 e. The topological polar surface area (TPSA) is 41.1 Å². The summed E-state index contributed by atoms with van der Waals surface area (Å²) in [6.45, 7) is 0. The number of benzene rings is 2. The van der Waals surface area contributed by atoms with Crippen molar-refractivity contribution in [1.29, 1.82) is 0 Å². The molecule has 0 aromatic heterocycles. The molecule has 6 heteroatoms. The van der Waals surface area contributed by atoms with Crippen molar-refractivity contribution in [1.82, 2.24) is 10.6 Å². The summed E-state index contributed by atoms with van der Waals surface area (Å²) in [5.41, 5.74) is 1.42. The largest absolute Gasteiger partial charge is 0.344 e. The number of nitrogens with one attached hydrogen (secondary N) is 2. The van der Waals surface area contributed by atoms with Gasteiger partial charge in [-0.15, -0.1) is 11.8 Å². The van der Waals surface area contributed by atoms with Crippen molar-refractivity contribution in [2.24, 2.45) is 0 Å². The van der Waals surface area contributed by atoms with Gasteiger partial charge in [0.05, 0.1) is 0 Å². The average Bonchev–Trinajstić information content (AvgIpc) is 2.83. The standard InChI is InChI=1S/C17H13BrN2OS2/c18-11-6-7-13-12(8-11)17(15(21)19-16(22)20-17)9-14(23-13)10-4-2-1-3-5-10/h1-8,14H,9H2,(H2,19,20,21,22). The molecule has 1 fully saturated rings. The summed E-state index contributed by atoms with van der Waals surface area (Å²) in [5.74, 6) is -0.0666. The van der Waals surface area contributed by atoms with Gasteiger partial charge < -0.3 is 10.6 Å². The molecule has 1 amide bonds. The Morgan fingerprint density at radius 2 is 2.00 bits per heavy atom. The van der Waals surface area contributed by atoms with Crippen molar-refractivity contribution in [2.45, 2.75) is 22.1 Å². The van der Waals surface area contributed by atoms with E-state index in [0.717, 1.165) is 14.9 Å². The zero-order valence-corrected chi connectivity index (χ0v) is 15.2. The quantitative estimate of drug-likeness (QED) is 0.707. The summed E-state index contributed by atoms with van der Waals surface area (Å²) < 4.78 is 0.960. The van der Waals surface area contributed by atoms with Crippen LogP contribution in [0.25, 0.3) is 0 Å². The van der Waals surface area contributed by atoms with Crippen molar-refractivity contribution < 1.29 is 4.79 Å². The number of amides is 1. The van der Waals surface area contributed by atoms with E-state index in [1.165, 1.54) is 5.56 Å². The summed E-state index contributed by atoms with van der Waals surface area (Å²) in [5, 5.41) is 6.61. The third-order valence-electron chi connectivity index (χ3n) is 4.28. The van der Waals surface area contributed by atoms with Crippen LogP contribution in [0.1, 0.15) is 22.8 Å². The number of rotatable bonds is 1. The highest BCUT2D eigenvalue weighted by molar-refractivity contribution is 9.10. The normalized spacial score (nSPS) is 25.9. The molecule has 2 aliphatic heterocycles. The number of carbonyl (C=O) groups is 1. The minimum absolute atomic E-state index is 0.0666. The average molecular weight is 405 g/mol. The lowest BCUT2D eigenvalue weighted by atomic mass is 9.83. The molecule has 0 bridgehead atoms. The van der Waals surface area contributed by atoms with E-state index in [-0.39, 0.29) is 11.2 Å². The fraction of sp³-hybridized carbons (Fsp3) is 0.176. The van der Waals surface area contributed by atoms with E-state index in [2.05, 4.69) is 44.8 Å². The molecule has 2 aromatic rings. The lowest BCUT2D eigenvalue weighted by molar-refractivity contribution is -0.124. The third kappa shape index (κ3) is 2.49. The molecule has 2 aliphatic rings. The first-order chi connectivity index (χ1) is 11.1. The highest BCUT2D eigenvalue weighted by Crippen LogP contribution is 2.52. The third-order valence-corrected chi connectivity index (χ3v) is 6.31. The van der Waals surface area contributed by atoms with Gasteiger partial charge in [0.2, 0.25) is 0 Å².